The Balaban J connectivity index is 1.51. The monoisotopic (exact) mass is 370 g/mol. The van der Waals surface area contributed by atoms with Crippen LogP contribution in [-0.2, 0) is 9.47 Å². The molecule has 144 valence electrons. The number of nitrogens with one attached hydrogen (secondary N) is 2. The molecular weight excluding hydrogens is 336 g/mol. The first-order valence-electron chi connectivity index (χ1n) is 9.69. The highest BCUT2D eigenvalue weighted by Crippen LogP contribution is 2.28. The van der Waals surface area contributed by atoms with Crippen molar-refractivity contribution in [2.24, 2.45) is 10.9 Å². The fraction of sp³-hybridized carbons (Fsp3) is 0.944. The molecule has 0 aromatic carbocycles. The molecule has 3 fully saturated rings. The lowest BCUT2D eigenvalue weighted by molar-refractivity contribution is 0.00246. The van der Waals surface area contributed by atoms with Crippen molar-refractivity contribution in [3.8, 4) is 0 Å². The highest BCUT2D eigenvalue weighted by atomic mass is 32.2. The number of rotatable bonds is 6. The number of guanidine groups is 1. The summed E-state index contributed by atoms with van der Waals surface area (Å²) >= 11 is 1.99. The summed E-state index contributed by atoms with van der Waals surface area (Å²) in [5.41, 5.74) is 0. The second-order valence-corrected chi connectivity index (χ2v) is 8.44. The van der Waals surface area contributed by atoms with E-state index < -0.39 is 0 Å². The Hall–Kier alpha value is -0.500. The zero-order chi connectivity index (χ0) is 17.5. The predicted octanol–water partition coefficient (Wildman–Crippen LogP) is 1.17. The van der Waals surface area contributed by atoms with Crippen LogP contribution in [0, 0.1) is 5.92 Å². The molecule has 0 bridgehead atoms. The van der Waals surface area contributed by atoms with E-state index in [0.29, 0.717) is 18.0 Å². The summed E-state index contributed by atoms with van der Waals surface area (Å²) in [4.78, 5) is 7.03. The Kier molecular flexibility index (Phi) is 7.70. The first-order valence-corrected chi connectivity index (χ1v) is 11.0. The molecule has 2 heterocycles. The Labute approximate surface area is 156 Å². The minimum absolute atomic E-state index is 0.493. The molecule has 2 N–H and O–H groups in total. The molecule has 2 saturated heterocycles. The maximum Gasteiger partial charge on any atom is 0.191 e. The molecule has 7 heteroatoms. The minimum Gasteiger partial charge on any atom is -0.381 e. The van der Waals surface area contributed by atoms with Crippen LogP contribution >= 0.6 is 11.8 Å². The summed E-state index contributed by atoms with van der Waals surface area (Å²) in [5, 5.41) is 8.03. The molecule has 4 unspecified atom stereocenters. The van der Waals surface area contributed by atoms with Crippen molar-refractivity contribution in [2.45, 2.75) is 43.0 Å². The summed E-state index contributed by atoms with van der Waals surface area (Å²) in [6.45, 7) is 6.43. The van der Waals surface area contributed by atoms with Gasteiger partial charge in [0, 0.05) is 56.5 Å². The Morgan fingerprint density at radius 3 is 2.68 bits per heavy atom. The van der Waals surface area contributed by atoms with Gasteiger partial charge in [-0.2, -0.15) is 11.8 Å². The average molecular weight is 371 g/mol. The molecule has 0 radical (unpaired) electrons. The number of thioether (sulfide) groups is 1. The number of aliphatic imine (C=N–C) groups is 1. The van der Waals surface area contributed by atoms with Crippen LogP contribution in [0.25, 0.3) is 0 Å². The van der Waals surface area contributed by atoms with Gasteiger partial charge in [-0.1, -0.05) is 0 Å². The van der Waals surface area contributed by atoms with Gasteiger partial charge >= 0.3 is 0 Å². The average Bonchev–Trinajstić information content (AvgIpc) is 3.33. The third-order valence-corrected chi connectivity index (χ3v) is 6.88. The van der Waals surface area contributed by atoms with Crippen molar-refractivity contribution in [3.63, 3.8) is 0 Å². The van der Waals surface area contributed by atoms with E-state index in [1.165, 1.54) is 19.3 Å². The van der Waals surface area contributed by atoms with Crippen LogP contribution in [0.5, 0.6) is 0 Å². The van der Waals surface area contributed by atoms with Gasteiger partial charge < -0.3 is 20.1 Å². The predicted molar refractivity (Wildman–Crippen MR) is 105 cm³/mol. The van der Waals surface area contributed by atoms with Gasteiger partial charge in [0.05, 0.1) is 19.8 Å². The number of ether oxygens (including phenoxy) is 2. The molecule has 0 amide bonds. The number of hydrogen-bond donors (Lipinski definition) is 2. The SMILES string of the molecule is CN=C(NCC(C1CCOC1)N1CCOCC1)NC1CCC(SC)C1. The molecule has 3 rings (SSSR count). The third kappa shape index (κ3) is 5.49. The summed E-state index contributed by atoms with van der Waals surface area (Å²) < 4.78 is 11.2. The number of morpholine rings is 1. The normalized spacial score (nSPS) is 32.7. The van der Waals surface area contributed by atoms with E-state index in [4.69, 9.17) is 9.47 Å². The van der Waals surface area contributed by atoms with Crippen LogP contribution in [0.3, 0.4) is 0 Å². The third-order valence-electron chi connectivity index (χ3n) is 5.78. The van der Waals surface area contributed by atoms with Crippen LogP contribution in [0.2, 0.25) is 0 Å². The van der Waals surface area contributed by atoms with Crippen LogP contribution in [0.4, 0.5) is 0 Å². The first-order chi connectivity index (χ1) is 12.3. The zero-order valence-corrected chi connectivity index (χ0v) is 16.5. The summed E-state index contributed by atoms with van der Waals surface area (Å²) in [5.74, 6) is 1.56. The van der Waals surface area contributed by atoms with E-state index in [0.717, 1.165) is 63.7 Å². The molecule has 3 aliphatic rings. The molecule has 4 atom stereocenters. The fourth-order valence-electron chi connectivity index (χ4n) is 4.23. The Morgan fingerprint density at radius 2 is 2.04 bits per heavy atom. The smallest absolute Gasteiger partial charge is 0.191 e. The Bertz CT molecular complexity index is 425. The molecule has 0 spiro atoms. The van der Waals surface area contributed by atoms with Crippen molar-refractivity contribution in [2.75, 3.05) is 59.4 Å². The van der Waals surface area contributed by atoms with Gasteiger partial charge in [0.25, 0.3) is 0 Å². The largest absolute Gasteiger partial charge is 0.381 e. The molecule has 6 nitrogen and oxygen atoms in total. The van der Waals surface area contributed by atoms with Crippen molar-refractivity contribution >= 4 is 17.7 Å². The molecule has 0 aromatic rings. The number of nitrogens with zero attached hydrogens (tertiary/aromatic N) is 2. The maximum atomic E-state index is 5.66. The summed E-state index contributed by atoms with van der Waals surface area (Å²) in [6, 6.07) is 1.05. The van der Waals surface area contributed by atoms with Crippen molar-refractivity contribution in [1.29, 1.82) is 0 Å². The van der Waals surface area contributed by atoms with Crippen LogP contribution in [0.15, 0.2) is 4.99 Å². The van der Waals surface area contributed by atoms with Crippen molar-refractivity contribution in [3.05, 3.63) is 0 Å². The minimum atomic E-state index is 0.493. The van der Waals surface area contributed by atoms with Gasteiger partial charge in [0.1, 0.15) is 0 Å². The summed E-state index contributed by atoms with van der Waals surface area (Å²) in [7, 11) is 1.87. The van der Waals surface area contributed by atoms with Crippen LogP contribution in [-0.4, -0.2) is 87.6 Å². The second-order valence-electron chi connectivity index (χ2n) is 7.30. The van der Waals surface area contributed by atoms with Gasteiger partial charge in [0.2, 0.25) is 0 Å². The van der Waals surface area contributed by atoms with Crippen molar-refractivity contribution in [1.82, 2.24) is 15.5 Å². The lowest BCUT2D eigenvalue weighted by Gasteiger charge is -2.37. The van der Waals surface area contributed by atoms with Crippen LogP contribution in [0.1, 0.15) is 25.7 Å². The topological polar surface area (TPSA) is 58.1 Å². The van der Waals surface area contributed by atoms with Gasteiger partial charge in [-0.15, -0.1) is 0 Å². The van der Waals surface area contributed by atoms with E-state index in [-0.39, 0.29) is 0 Å². The second kappa shape index (κ2) is 10.00. The van der Waals surface area contributed by atoms with Gasteiger partial charge in [-0.3, -0.25) is 9.89 Å². The maximum absolute atomic E-state index is 5.66. The lowest BCUT2D eigenvalue weighted by atomic mass is 9.97. The van der Waals surface area contributed by atoms with E-state index in [1.54, 1.807) is 0 Å². The molecule has 1 saturated carbocycles. The van der Waals surface area contributed by atoms with E-state index in [9.17, 15) is 0 Å². The van der Waals surface area contributed by atoms with E-state index in [1.807, 2.05) is 18.8 Å². The standard InChI is InChI=1S/C18H34N4O2S/c1-19-18(21-15-3-4-16(11-15)25-2)20-12-17(14-5-8-24-13-14)22-6-9-23-10-7-22/h14-17H,3-13H2,1-2H3,(H2,19,20,21). The molecule has 0 aromatic heterocycles. The molecule has 1 aliphatic carbocycles. The first kappa shape index (κ1) is 19.3. The summed E-state index contributed by atoms with van der Waals surface area (Å²) in [6.07, 6.45) is 7.18. The van der Waals surface area contributed by atoms with Crippen LogP contribution < -0.4 is 10.6 Å². The van der Waals surface area contributed by atoms with Gasteiger partial charge in [-0.25, -0.2) is 0 Å². The van der Waals surface area contributed by atoms with E-state index in [2.05, 4.69) is 26.8 Å². The highest BCUT2D eigenvalue weighted by Gasteiger charge is 2.32. The fourth-order valence-corrected chi connectivity index (χ4v) is 5.03. The Morgan fingerprint density at radius 1 is 1.20 bits per heavy atom. The molecule has 25 heavy (non-hydrogen) atoms. The van der Waals surface area contributed by atoms with E-state index >= 15 is 0 Å². The van der Waals surface area contributed by atoms with Crippen molar-refractivity contribution < 1.29 is 9.47 Å². The lowest BCUT2D eigenvalue weighted by Crippen LogP contribution is -2.54. The zero-order valence-electron chi connectivity index (χ0n) is 15.7. The van der Waals surface area contributed by atoms with Gasteiger partial charge in [-0.05, 0) is 31.9 Å². The molecule has 2 aliphatic heterocycles. The quantitative estimate of drug-likeness (QED) is 0.541. The molecular formula is C18H34N4O2S. The highest BCUT2D eigenvalue weighted by molar-refractivity contribution is 7.99. The number of hydrogen-bond acceptors (Lipinski definition) is 5. The van der Waals surface area contributed by atoms with Gasteiger partial charge in [0.15, 0.2) is 5.96 Å².